The van der Waals surface area contributed by atoms with Gasteiger partial charge in [0.15, 0.2) is 0 Å². The van der Waals surface area contributed by atoms with Crippen LogP contribution < -0.4 is 5.32 Å². The predicted molar refractivity (Wildman–Crippen MR) is 101 cm³/mol. The highest BCUT2D eigenvalue weighted by Gasteiger charge is 2.31. The molecular formula is C19H27BrN2O2. The largest absolute Gasteiger partial charge is 0.346 e. The second-order valence-electron chi connectivity index (χ2n) is 6.63. The lowest BCUT2D eigenvalue weighted by molar-refractivity contribution is -0.136. The molecule has 4 nitrogen and oxygen atoms in total. The van der Waals surface area contributed by atoms with Crippen LogP contribution in [0.4, 0.5) is 5.69 Å². The molecule has 1 aliphatic carbocycles. The number of nitrogens with zero attached hydrogens (tertiary/aromatic N) is 1. The maximum atomic E-state index is 12.4. The van der Waals surface area contributed by atoms with Gasteiger partial charge < -0.3 is 10.2 Å². The summed E-state index contributed by atoms with van der Waals surface area (Å²) in [5.41, 5.74) is 0.806. The number of hydrogen-bond acceptors (Lipinski definition) is 2. The molecular weight excluding hydrogens is 368 g/mol. The molecule has 0 atom stereocenters. The summed E-state index contributed by atoms with van der Waals surface area (Å²) in [6, 6.07) is 7.63. The van der Waals surface area contributed by atoms with Crippen LogP contribution in [0.2, 0.25) is 0 Å². The van der Waals surface area contributed by atoms with Crippen molar-refractivity contribution in [3.05, 3.63) is 28.7 Å². The second kappa shape index (κ2) is 9.21. The summed E-state index contributed by atoms with van der Waals surface area (Å²) in [6.45, 7) is 2.96. The van der Waals surface area contributed by atoms with Gasteiger partial charge in [-0.05, 0) is 60.2 Å². The van der Waals surface area contributed by atoms with Crippen LogP contribution in [-0.2, 0) is 9.59 Å². The molecule has 0 heterocycles. The van der Waals surface area contributed by atoms with E-state index >= 15 is 0 Å². The van der Waals surface area contributed by atoms with Gasteiger partial charge in [0.1, 0.15) is 0 Å². The number of para-hydroxylation sites is 1. The van der Waals surface area contributed by atoms with E-state index in [1.807, 2.05) is 36.2 Å². The third-order valence-corrected chi connectivity index (χ3v) is 5.49. The fourth-order valence-electron chi connectivity index (χ4n) is 3.22. The third-order valence-electron chi connectivity index (χ3n) is 4.80. The lowest BCUT2D eigenvalue weighted by Gasteiger charge is -2.30. The number of anilines is 1. The zero-order chi connectivity index (χ0) is 17.5. The van der Waals surface area contributed by atoms with Gasteiger partial charge in [-0.1, -0.05) is 25.5 Å². The smallest absolute Gasteiger partial charge is 0.227 e. The number of carbonyl (C=O) groups excluding carboxylic acids is 2. The molecule has 1 N–H and O–H groups in total. The molecule has 5 heteroatoms. The first-order valence-electron chi connectivity index (χ1n) is 8.83. The van der Waals surface area contributed by atoms with Gasteiger partial charge in [0.05, 0.1) is 5.69 Å². The molecule has 2 rings (SSSR count). The molecule has 0 aromatic heterocycles. The molecule has 0 spiro atoms. The summed E-state index contributed by atoms with van der Waals surface area (Å²) in [7, 11) is 1.89. The topological polar surface area (TPSA) is 49.4 Å². The van der Waals surface area contributed by atoms with Crippen molar-refractivity contribution in [1.29, 1.82) is 0 Å². The predicted octanol–water partition coefficient (Wildman–Crippen LogP) is 4.45. The molecule has 132 valence electrons. The molecule has 0 bridgehead atoms. The standard InChI is InChI=1S/C19H27BrN2O2/c1-3-4-13-22(2)19(24)15-11-9-14(10-12-15)18(23)21-17-8-6-5-7-16(17)20/h5-8,14-15H,3-4,9-13H2,1-2H3,(H,21,23). The molecule has 1 saturated carbocycles. The monoisotopic (exact) mass is 394 g/mol. The van der Waals surface area contributed by atoms with E-state index in [2.05, 4.69) is 28.2 Å². The molecule has 1 aromatic carbocycles. The van der Waals surface area contributed by atoms with Crippen LogP contribution in [0.5, 0.6) is 0 Å². The molecule has 24 heavy (non-hydrogen) atoms. The normalized spacial score (nSPS) is 20.5. The number of halogens is 1. The Morgan fingerprint density at radius 3 is 2.42 bits per heavy atom. The molecule has 2 amide bonds. The molecule has 1 aromatic rings. The lowest BCUT2D eigenvalue weighted by Crippen LogP contribution is -2.37. The van der Waals surface area contributed by atoms with Crippen LogP contribution in [0.25, 0.3) is 0 Å². The summed E-state index contributed by atoms with van der Waals surface area (Å²) < 4.78 is 0.889. The Morgan fingerprint density at radius 1 is 1.17 bits per heavy atom. The number of carbonyl (C=O) groups is 2. The Bertz CT molecular complexity index is 568. The fraction of sp³-hybridized carbons (Fsp3) is 0.579. The van der Waals surface area contributed by atoms with E-state index < -0.39 is 0 Å². The van der Waals surface area contributed by atoms with Crippen molar-refractivity contribution >= 4 is 33.4 Å². The van der Waals surface area contributed by atoms with Gasteiger partial charge >= 0.3 is 0 Å². The van der Waals surface area contributed by atoms with Crippen molar-refractivity contribution < 1.29 is 9.59 Å². The van der Waals surface area contributed by atoms with Crippen LogP contribution in [0, 0.1) is 11.8 Å². The Hall–Kier alpha value is -1.36. The van der Waals surface area contributed by atoms with Crippen molar-refractivity contribution in [2.75, 3.05) is 18.9 Å². The Morgan fingerprint density at radius 2 is 1.79 bits per heavy atom. The SMILES string of the molecule is CCCCN(C)C(=O)C1CCC(C(=O)Nc2ccccc2Br)CC1. The molecule has 0 unspecified atom stereocenters. The molecule has 0 aliphatic heterocycles. The first kappa shape index (κ1) is 19.0. The highest BCUT2D eigenvalue weighted by Crippen LogP contribution is 2.31. The van der Waals surface area contributed by atoms with Crippen LogP contribution in [-0.4, -0.2) is 30.3 Å². The summed E-state index contributed by atoms with van der Waals surface area (Å²) in [5, 5.41) is 2.99. The maximum absolute atomic E-state index is 12.4. The van der Waals surface area contributed by atoms with E-state index in [0.29, 0.717) is 0 Å². The number of hydrogen-bond donors (Lipinski definition) is 1. The molecule has 0 saturated heterocycles. The van der Waals surface area contributed by atoms with Gasteiger partial charge in [-0.15, -0.1) is 0 Å². The van der Waals surface area contributed by atoms with E-state index in [1.165, 1.54) is 0 Å². The first-order chi connectivity index (χ1) is 11.5. The van der Waals surface area contributed by atoms with E-state index in [1.54, 1.807) is 0 Å². The Labute approximate surface area is 153 Å². The van der Waals surface area contributed by atoms with Gasteiger partial charge in [0, 0.05) is 29.9 Å². The lowest BCUT2D eigenvalue weighted by atomic mass is 9.81. The zero-order valence-corrected chi connectivity index (χ0v) is 16.1. The van der Waals surface area contributed by atoms with E-state index in [-0.39, 0.29) is 23.7 Å². The van der Waals surface area contributed by atoms with Crippen LogP contribution >= 0.6 is 15.9 Å². The zero-order valence-electron chi connectivity index (χ0n) is 14.6. The van der Waals surface area contributed by atoms with Crippen LogP contribution in [0.3, 0.4) is 0 Å². The van der Waals surface area contributed by atoms with E-state index in [4.69, 9.17) is 0 Å². The highest BCUT2D eigenvalue weighted by molar-refractivity contribution is 9.10. The highest BCUT2D eigenvalue weighted by atomic mass is 79.9. The number of unbranched alkanes of at least 4 members (excludes halogenated alkanes) is 1. The summed E-state index contributed by atoms with van der Waals surface area (Å²) >= 11 is 3.45. The van der Waals surface area contributed by atoms with Gasteiger partial charge in [0.2, 0.25) is 11.8 Å². The maximum Gasteiger partial charge on any atom is 0.227 e. The fourth-order valence-corrected chi connectivity index (χ4v) is 3.60. The number of amides is 2. The van der Waals surface area contributed by atoms with Gasteiger partial charge in [-0.3, -0.25) is 9.59 Å². The van der Waals surface area contributed by atoms with Gasteiger partial charge in [0.25, 0.3) is 0 Å². The summed E-state index contributed by atoms with van der Waals surface area (Å²) in [6.07, 6.45) is 5.33. The Kier molecular flexibility index (Phi) is 7.28. The van der Waals surface area contributed by atoms with Gasteiger partial charge in [-0.25, -0.2) is 0 Å². The Balaban J connectivity index is 1.83. The average molecular weight is 395 g/mol. The van der Waals surface area contributed by atoms with Crippen molar-refractivity contribution in [2.45, 2.75) is 45.4 Å². The van der Waals surface area contributed by atoms with Crippen LogP contribution in [0.15, 0.2) is 28.7 Å². The first-order valence-corrected chi connectivity index (χ1v) is 9.62. The molecule has 1 aliphatic rings. The number of nitrogens with one attached hydrogen (secondary N) is 1. The van der Waals surface area contributed by atoms with E-state index in [9.17, 15) is 9.59 Å². The molecule has 1 fully saturated rings. The minimum absolute atomic E-state index is 0.00195. The van der Waals surface area contributed by atoms with Crippen molar-refractivity contribution in [3.8, 4) is 0 Å². The molecule has 0 radical (unpaired) electrons. The quantitative estimate of drug-likeness (QED) is 0.774. The minimum Gasteiger partial charge on any atom is -0.346 e. The van der Waals surface area contributed by atoms with Crippen molar-refractivity contribution in [3.63, 3.8) is 0 Å². The second-order valence-corrected chi connectivity index (χ2v) is 7.49. The van der Waals surface area contributed by atoms with Crippen molar-refractivity contribution in [2.24, 2.45) is 11.8 Å². The number of benzene rings is 1. The van der Waals surface area contributed by atoms with Crippen molar-refractivity contribution in [1.82, 2.24) is 4.90 Å². The minimum atomic E-state index is 0.00195. The van der Waals surface area contributed by atoms with Gasteiger partial charge in [-0.2, -0.15) is 0 Å². The third kappa shape index (κ3) is 5.07. The van der Waals surface area contributed by atoms with E-state index in [0.717, 1.165) is 55.2 Å². The number of rotatable bonds is 6. The average Bonchev–Trinajstić information content (AvgIpc) is 2.61. The summed E-state index contributed by atoms with van der Waals surface area (Å²) in [4.78, 5) is 26.7. The van der Waals surface area contributed by atoms with Crippen LogP contribution in [0.1, 0.15) is 45.4 Å². The summed E-state index contributed by atoms with van der Waals surface area (Å²) in [5.74, 6) is 0.390.